The zero-order valence-electron chi connectivity index (χ0n) is 13.5. The molecule has 1 aliphatic rings. The Morgan fingerprint density at radius 3 is 2.68 bits per heavy atom. The van der Waals surface area contributed by atoms with E-state index in [-0.39, 0.29) is 16.0 Å². The van der Waals surface area contributed by atoms with Gasteiger partial charge in [-0.1, -0.05) is 0 Å². The molecule has 0 bridgehead atoms. The van der Waals surface area contributed by atoms with Crippen molar-refractivity contribution in [1.29, 1.82) is 0 Å². The van der Waals surface area contributed by atoms with E-state index in [2.05, 4.69) is 21.4 Å². The van der Waals surface area contributed by atoms with Crippen LogP contribution in [0, 0.1) is 18.6 Å². The number of halogens is 3. The van der Waals surface area contributed by atoms with Gasteiger partial charge < -0.3 is 0 Å². The van der Waals surface area contributed by atoms with Crippen molar-refractivity contribution in [2.24, 2.45) is 0 Å². The normalized spacial score (nSPS) is 14.7. The van der Waals surface area contributed by atoms with Crippen molar-refractivity contribution >= 4 is 46.3 Å². The Kier molecular flexibility index (Phi) is 5.92. The summed E-state index contributed by atoms with van der Waals surface area (Å²) in [5.41, 5.74) is 3.47. The van der Waals surface area contributed by atoms with Gasteiger partial charge in [0.2, 0.25) is 0 Å². The first-order valence-corrected chi connectivity index (χ1v) is 10.5. The molecule has 0 aliphatic heterocycles. The van der Waals surface area contributed by atoms with E-state index in [0.29, 0.717) is 0 Å². The molecule has 1 amide bonds. The number of hydrogen-bond acceptors (Lipinski definition) is 2. The van der Waals surface area contributed by atoms with Gasteiger partial charge in [0, 0.05) is 0 Å². The van der Waals surface area contributed by atoms with Crippen LogP contribution in [0.15, 0.2) is 34.8 Å². The summed E-state index contributed by atoms with van der Waals surface area (Å²) in [6.45, 7) is 1.91. The van der Waals surface area contributed by atoms with Crippen molar-refractivity contribution in [2.75, 3.05) is 0 Å². The van der Waals surface area contributed by atoms with E-state index in [0.717, 1.165) is 39.7 Å². The van der Waals surface area contributed by atoms with Gasteiger partial charge in [-0.05, 0) is 0 Å². The van der Waals surface area contributed by atoms with Crippen molar-refractivity contribution in [2.45, 2.75) is 32.3 Å². The molecule has 0 unspecified atom stereocenters. The van der Waals surface area contributed by atoms with Crippen LogP contribution >= 0.6 is 15.9 Å². The summed E-state index contributed by atoms with van der Waals surface area (Å²) in [6.07, 6.45) is 2.88. The Labute approximate surface area is 159 Å². The zero-order valence-corrected chi connectivity index (χ0v) is 16.9. The van der Waals surface area contributed by atoms with Gasteiger partial charge in [-0.15, -0.1) is 0 Å². The van der Waals surface area contributed by atoms with Gasteiger partial charge in [0.25, 0.3) is 0 Å². The molecular weight excluding hydrogens is 455 g/mol. The fourth-order valence-electron chi connectivity index (χ4n) is 2.38. The summed E-state index contributed by atoms with van der Waals surface area (Å²) in [7, 11) is 0. The van der Waals surface area contributed by atoms with E-state index in [9.17, 15) is 13.6 Å². The molecule has 2 aromatic rings. The van der Waals surface area contributed by atoms with Crippen molar-refractivity contribution in [3.63, 3.8) is 0 Å². The minimum absolute atomic E-state index is 0.0136. The third-order valence-electron chi connectivity index (χ3n) is 4.08. The molecule has 2 aromatic carbocycles. The molecule has 0 spiro atoms. The molecule has 0 saturated heterocycles. The van der Waals surface area contributed by atoms with E-state index in [1.54, 1.807) is 0 Å². The van der Waals surface area contributed by atoms with E-state index in [1.165, 1.54) is 6.07 Å². The predicted octanol–water partition coefficient (Wildman–Crippen LogP) is 2.90. The van der Waals surface area contributed by atoms with Crippen LogP contribution in [-0.4, -0.2) is 27.8 Å². The molecule has 0 atom stereocenters. The quantitative estimate of drug-likeness (QED) is 0.539. The van der Waals surface area contributed by atoms with Crippen molar-refractivity contribution in [1.82, 2.24) is 5.48 Å². The number of carbonyl (C=O) groups is 1. The van der Waals surface area contributed by atoms with Crippen LogP contribution in [-0.2, 0) is 4.84 Å². The first-order valence-electron chi connectivity index (χ1n) is 7.87. The van der Waals surface area contributed by atoms with Crippen LogP contribution in [0.1, 0.15) is 35.2 Å². The average Bonchev–Trinajstić information content (AvgIpc) is 2.52. The fourth-order valence-corrected chi connectivity index (χ4v) is 5.23. The number of hydroxylamine groups is 1. The molecule has 7 heteroatoms. The number of amides is 1. The van der Waals surface area contributed by atoms with E-state index < -0.39 is 33.3 Å². The van der Waals surface area contributed by atoms with Gasteiger partial charge >= 0.3 is 160 Å². The Hall–Kier alpha value is -1.23. The summed E-state index contributed by atoms with van der Waals surface area (Å²) in [5, 5.41) is 0. The van der Waals surface area contributed by atoms with Crippen molar-refractivity contribution in [3.8, 4) is 0 Å². The van der Waals surface area contributed by atoms with E-state index in [4.69, 9.17) is 4.84 Å². The van der Waals surface area contributed by atoms with E-state index >= 15 is 0 Å². The van der Waals surface area contributed by atoms with Crippen LogP contribution in [0.4, 0.5) is 8.78 Å². The van der Waals surface area contributed by atoms with Gasteiger partial charge in [0.15, 0.2) is 0 Å². The number of rotatable bonds is 5. The topological polar surface area (TPSA) is 38.3 Å². The Morgan fingerprint density at radius 1 is 1.28 bits per heavy atom. The van der Waals surface area contributed by atoms with Crippen molar-refractivity contribution in [3.05, 3.63) is 57.6 Å². The first kappa shape index (κ1) is 18.6. The van der Waals surface area contributed by atoms with Crippen LogP contribution in [0.5, 0.6) is 0 Å². The molecule has 3 rings (SSSR count). The second kappa shape index (κ2) is 7.98. The number of benzene rings is 2. The molecule has 1 aliphatic carbocycles. The number of hydrogen-bond donors (Lipinski definition) is 1. The second-order valence-electron chi connectivity index (χ2n) is 5.90. The second-order valence-corrected chi connectivity index (χ2v) is 9.24. The molecule has 131 valence electrons. The monoisotopic (exact) mass is 470 g/mol. The maximum absolute atomic E-state index is 14.4. The third kappa shape index (κ3) is 4.30. The SMILES string of the molecule is Cc1cc(Br)ccc1[As]c1c(C(=O)NOC2CCC2)ccc(F)c1F. The van der Waals surface area contributed by atoms with Crippen LogP contribution < -0.4 is 14.2 Å². The number of aryl methyl sites for hydroxylation is 1. The van der Waals surface area contributed by atoms with Gasteiger partial charge in [0.1, 0.15) is 0 Å². The third-order valence-corrected chi connectivity index (χ3v) is 7.51. The summed E-state index contributed by atoms with van der Waals surface area (Å²) in [5.74, 6) is -2.44. The molecule has 3 nitrogen and oxygen atoms in total. The van der Waals surface area contributed by atoms with Crippen LogP contribution in [0.2, 0.25) is 0 Å². The number of nitrogens with one attached hydrogen (secondary N) is 1. The molecule has 25 heavy (non-hydrogen) atoms. The van der Waals surface area contributed by atoms with Crippen LogP contribution in [0.25, 0.3) is 0 Å². The first-order chi connectivity index (χ1) is 12.0. The molecule has 1 saturated carbocycles. The standard InChI is InChI=1S/C18H16AsBrF2NO2/c1-10-9-11(20)5-7-14(10)19-16-13(6-8-15(21)17(16)22)18(24)23-25-12-3-2-4-12/h5-9,12H,2-4H2,1H3,(H,23,24). The Bertz CT molecular complexity index is 812. The molecule has 0 aromatic heterocycles. The molecule has 1 N–H and O–H groups in total. The van der Waals surface area contributed by atoms with Crippen molar-refractivity contribution < 1.29 is 18.4 Å². The Balaban J connectivity index is 1.87. The average molecular weight is 471 g/mol. The van der Waals surface area contributed by atoms with E-state index in [1.807, 2.05) is 25.1 Å². The fraction of sp³-hybridized carbons (Fsp3) is 0.278. The maximum atomic E-state index is 14.4. The van der Waals surface area contributed by atoms with Gasteiger partial charge in [-0.25, -0.2) is 0 Å². The summed E-state index contributed by atoms with van der Waals surface area (Å²) >= 11 is 2.49. The summed E-state index contributed by atoms with van der Waals surface area (Å²) in [4.78, 5) is 17.7. The molecule has 1 radical (unpaired) electrons. The zero-order chi connectivity index (χ0) is 18.0. The minimum atomic E-state index is -0.960. The molecular formula is C18H16AsBrF2NO2. The Morgan fingerprint density at radius 2 is 2.04 bits per heavy atom. The van der Waals surface area contributed by atoms with Crippen LogP contribution in [0.3, 0.4) is 0 Å². The van der Waals surface area contributed by atoms with Gasteiger partial charge in [0.05, 0.1) is 0 Å². The van der Waals surface area contributed by atoms with Gasteiger partial charge in [-0.3, -0.25) is 0 Å². The van der Waals surface area contributed by atoms with Gasteiger partial charge in [-0.2, -0.15) is 0 Å². The molecule has 1 fully saturated rings. The predicted molar refractivity (Wildman–Crippen MR) is 96.4 cm³/mol. The summed E-state index contributed by atoms with van der Waals surface area (Å²) < 4.78 is 30.1. The number of carbonyl (C=O) groups excluding carboxylic acids is 1. The summed E-state index contributed by atoms with van der Waals surface area (Å²) in [6, 6.07) is 7.94. The molecule has 0 heterocycles.